The van der Waals surface area contributed by atoms with Gasteiger partial charge in [0.1, 0.15) is 0 Å². The number of rotatable bonds is 2. The summed E-state index contributed by atoms with van der Waals surface area (Å²) in [6, 6.07) is 2.03. The Labute approximate surface area is 64.0 Å². The Morgan fingerprint density at radius 2 is 2.50 bits per heavy atom. The monoisotopic (exact) mass is 151 g/mol. The highest BCUT2D eigenvalue weighted by Gasteiger charge is 1.88. The van der Waals surface area contributed by atoms with Gasteiger partial charge in [0.15, 0.2) is 0 Å². The summed E-state index contributed by atoms with van der Waals surface area (Å²) in [6.45, 7) is 2.03. The highest BCUT2D eigenvalue weighted by atomic mass is 32.1. The van der Waals surface area contributed by atoms with Gasteiger partial charge >= 0.3 is 0 Å². The first-order valence-electron chi connectivity index (χ1n) is 2.92. The third-order valence-corrected chi connectivity index (χ3v) is 2.08. The van der Waals surface area contributed by atoms with Gasteiger partial charge in [-0.2, -0.15) is 0 Å². The van der Waals surface area contributed by atoms with Crippen LogP contribution in [0.4, 0.5) is 0 Å². The predicted molar refractivity (Wildman–Crippen MR) is 43.8 cm³/mol. The maximum atomic E-state index is 9.78. The molecule has 1 rings (SSSR count). The molecule has 1 heterocycles. The van der Waals surface area contributed by atoms with Crippen molar-refractivity contribution in [1.29, 1.82) is 0 Å². The first kappa shape index (κ1) is 7.22. The van der Waals surface area contributed by atoms with Gasteiger partial charge in [0.05, 0.1) is 0 Å². The molecular formula is C8H7OS. The molecule has 51 valence electrons. The molecule has 0 aromatic carbocycles. The zero-order valence-electron chi connectivity index (χ0n) is 5.63. The van der Waals surface area contributed by atoms with Crippen LogP contribution in [0.2, 0.25) is 0 Å². The van der Waals surface area contributed by atoms with E-state index in [9.17, 15) is 4.79 Å². The lowest BCUT2D eigenvalue weighted by Gasteiger charge is -1.76. The molecule has 1 aromatic heterocycles. The van der Waals surface area contributed by atoms with Crippen molar-refractivity contribution in [3.05, 3.63) is 28.0 Å². The summed E-state index contributed by atoms with van der Waals surface area (Å²) in [5.74, 6) is 0. The normalized spacial score (nSPS) is 10.5. The van der Waals surface area contributed by atoms with Gasteiger partial charge in [-0.3, -0.25) is 4.79 Å². The predicted octanol–water partition coefficient (Wildman–Crippen LogP) is 2.18. The molecule has 0 aliphatic rings. The minimum atomic E-state index is 1.10. The number of aryl methyl sites for hydroxylation is 1. The van der Waals surface area contributed by atoms with Gasteiger partial charge < -0.3 is 0 Å². The smallest absolute Gasteiger partial charge is 0.225 e. The molecule has 2 heteroatoms. The van der Waals surface area contributed by atoms with Crippen molar-refractivity contribution in [1.82, 2.24) is 0 Å². The van der Waals surface area contributed by atoms with E-state index in [2.05, 4.69) is 0 Å². The van der Waals surface area contributed by atoms with E-state index >= 15 is 0 Å². The minimum absolute atomic E-state index is 1.10. The van der Waals surface area contributed by atoms with Crippen LogP contribution < -0.4 is 0 Å². The molecule has 0 saturated heterocycles. The van der Waals surface area contributed by atoms with Crippen LogP contribution in [-0.2, 0) is 4.79 Å². The topological polar surface area (TPSA) is 17.1 Å². The van der Waals surface area contributed by atoms with Crippen molar-refractivity contribution in [2.45, 2.75) is 6.92 Å². The van der Waals surface area contributed by atoms with Gasteiger partial charge in [-0.15, -0.1) is 11.3 Å². The molecule has 0 atom stereocenters. The third-order valence-electron chi connectivity index (χ3n) is 1.07. The number of allylic oxidation sites excluding steroid dienone is 1. The highest BCUT2D eigenvalue weighted by Crippen LogP contribution is 2.14. The Morgan fingerprint density at radius 3 is 3.00 bits per heavy atom. The standard InChI is InChI=1S/C8H7OS/c1-7-5-8(10-6-7)3-2-4-9/h2-3,5-6H,1H3. The maximum Gasteiger partial charge on any atom is 0.225 e. The summed E-state index contributed by atoms with van der Waals surface area (Å²) >= 11 is 1.62. The summed E-state index contributed by atoms with van der Waals surface area (Å²) in [5.41, 5.74) is 1.23. The Bertz CT molecular complexity index is 248. The molecule has 1 nitrogen and oxygen atoms in total. The fourth-order valence-corrected chi connectivity index (χ4v) is 1.45. The zero-order chi connectivity index (χ0) is 7.40. The molecule has 0 unspecified atom stereocenters. The van der Waals surface area contributed by atoms with Crippen molar-refractivity contribution in [2.75, 3.05) is 0 Å². The first-order chi connectivity index (χ1) is 4.83. The van der Waals surface area contributed by atoms with Gasteiger partial charge in [-0.05, 0) is 36.1 Å². The molecule has 1 aromatic rings. The molecule has 0 aliphatic heterocycles. The van der Waals surface area contributed by atoms with Gasteiger partial charge in [0, 0.05) is 4.88 Å². The number of carbonyl (C=O) groups excluding carboxylic acids is 1. The molecule has 0 aliphatic carbocycles. The quantitative estimate of drug-likeness (QED) is 0.592. The van der Waals surface area contributed by atoms with E-state index in [1.54, 1.807) is 23.7 Å². The third kappa shape index (κ3) is 1.81. The summed E-state index contributed by atoms with van der Waals surface area (Å²) in [5, 5.41) is 2.05. The lowest BCUT2D eigenvalue weighted by molar-refractivity contribution is 0.564. The molecular weight excluding hydrogens is 144 g/mol. The largest absolute Gasteiger partial charge is 0.286 e. The molecule has 0 spiro atoms. The Kier molecular flexibility index (Phi) is 2.40. The number of thiophene rings is 1. The van der Waals surface area contributed by atoms with Crippen LogP contribution in [0.5, 0.6) is 0 Å². The van der Waals surface area contributed by atoms with Crippen LogP contribution in [0.25, 0.3) is 6.08 Å². The molecule has 0 amide bonds. The molecule has 0 fully saturated rings. The van der Waals surface area contributed by atoms with E-state index < -0.39 is 0 Å². The van der Waals surface area contributed by atoms with Crippen molar-refractivity contribution < 1.29 is 4.79 Å². The van der Waals surface area contributed by atoms with Crippen molar-refractivity contribution >= 4 is 23.7 Å². The van der Waals surface area contributed by atoms with Crippen molar-refractivity contribution in [3.63, 3.8) is 0 Å². The van der Waals surface area contributed by atoms with Crippen LogP contribution in [-0.4, -0.2) is 6.29 Å². The number of hydrogen-bond donors (Lipinski definition) is 0. The molecule has 10 heavy (non-hydrogen) atoms. The summed E-state index contributed by atoms with van der Waals surface area (Å²) in [7, 11) is 0. The Morgan fingerprint density at radius 1 is 1.70 bits per heavy atom. The fraction of sp³-hybridized carbons (Fsp3) is 0.125. The lowest BCUT2D eigenvalue weighted by atomic mass is 10.3. The maximum absolute atomic E-state index is 9.78. The minimum Gasteiger partial charge on any atom is -0.286 e. The second-order valence-electron chi connectivity index (χ2n) is 1.98. The van der Waals surface area contributed by atoms with Gasteiger partial charge in [0.25, 0.3) is 0 Å². The zero-order valence-corrected chi connectivity index (χ0v) is 6.44. The van der Waals surface area contributed by atoms with E-state index in [0.29, 0.717) is 0 Å². The molecule has 0 bridgehead atoms. The van der Waals surface area contributed by atoms with Crippen molar-refractivity contribution in [3.8, 4) is 0 Å². The average molecular weight is 151 g/mol. The molecule has 0 N–H and O–H groups in total. The van der Waals surface area contributed by atoms with Crippen LogP contribution in [0, 0.1) is 6.92 Å². The summed E-state index contributed by atoms with van der Waals surface area (Å²) in [4.78, 5) is 10.9. The van der Waals surface area contributed by atoms with E-state index in [0.717, 1.165) is 4.88 Å². The SMILES string of the molecule is Cc1csc(C=C[C]=O)c1. The van der Waals surface area contributed by atoms with Gasteiger partial charge in [-0.1, -0.05) is 0 Å². The summed E-state index contributed by atoms with van der Waals surface area (Å²) < 4.78 is 0. The van der Waals surface area contributed by atoms with E-state index in [4.69, 9.17) is 0 Å². The van der Waals surface area contributed by atoms with Gasteiger partial charge in [-0.25, -0.2) is 0 Å². The van der Waals surface area contributed by atoms with E-state index in [-0.39, 0.29) is 0 Å². The Balaban J connectivity index is 2.75. The van der Waals surface area contributed by atoms with Gasteiger partial charge in [0.2, 0.25) is 6.29 Å². The van der Waals surface area contributed by atoms with E-state index in [1.807, 2.05) is 18.4 Å². The average Bonchev–Trinajstić information content (AvgIpc) is 2.31. The van der Waals surface area contributed by atoms with Crippen molar-refractivity contribution in [2.24, 2.45) is 0 Å². The molecule has 1 radical (unpaired) electrons. The van der Waals surface area contributed by atoms with Crippen LogP contribution in [0.3, 0.4) is 0 Å². The second kappa shape index (κ2) is 3.32. The highest BCUT2D eigenvalue weighted by molar-refractivity contribution is 7.11. The molecule has 0 saturated carbocycles. The lowest BCUT2D eigenvalue weighted by Crippen LogP contribution is -1.60. The van der Waals surface area contributed by atoms with Crippen LogP contribution in [0.15, 0.2) is 17.5 Å². The summed E-state index contributed by atoms with van der Waals surface area (Å²) in [6.07, 6.45) is 4.84. The van der Waals surface area contributed by atoms with Crippen LogP contribution >= 0.6 is 11.3 Å². The van der Waals surface area contributed by atoms with Crippen LogP contribution in [0.1, 0.15) is 10.4 Å². The number of hydrogen-bond acceptors (Lipinski definition) is 2. The Hall–Kier alpha value is -0.890. The van der Waals surface area contributed by atoms with E-state index in [1.165, 1.54) is 11.6 Å². The second-order valence-corrected chi connectivity index (χ2v) is 2.92. The first-order valence-corrected chi connectivity index (χ1v) is 3.80. The fourth-order valence-electron chi connectivity index (χ4n) is 0.657.